The number of nitrogens with zero attached hydrogens (tertiary/aromatic N) is 2. The number of anilines is 3. The zero-order valence-corrected chi connectivity index (χ0v) is 32.8. The third-order valence-corrected chi connectivity index (χ3v) is 13.7. The van der Waals surface area contributed by atoms with Crippen LogP contribution in [0.2, 0.25) is 0 Å². The van der Waals surface area contributed by atoms with Crippen LogP contribution in [0.5, 0.6) is 0 Å². The van der Waals surface area contributed by atoms with Crippen LogP contribution in [-0.4, -0.2) is 12.1 Å². The molecule has 11 rings (SSSR count). The summed E-state index contributed by atoms with van der Waals surface area (Å²) in [6.45, 7) is 2.40. The molecule has 0 bridgehead atoms. The highest BCUT2D eigenvalue weighted by Crippen LogP contribution is 2.52. The Morgan fingerprint density at radius 2 is 1.49 bits per heavy atom. The summed E-state index contributed by atoms with van der Waals surface area (Å²) in [5, 5.41) is 0. The van der Waals surface area contributed by atoms with E-state index in [1.54, 1.807) is 0 Å². The van der Waals surface area contributed by atoms with Crippen LogP contribution in [0.4, 0.5) is 17.1 Å². The van der Waals surface area contributed by atoms with Crippen LogP contribution in [0.25, 0.3) is 16.7 Å². The van der Waals surface area contributed by atoms with Crippen molar-refractivity contribution in [2.24, 2.45) is 17.8 Å². The fourth-order valence-electron chi connectivity index (χ4n) is 10.9. The molecule has 0 spiro atoms. The first-order valence-corrected chi connectivity index (χ1v) is 21.3. The normalized spacial score (nSPS) is 27.9. The van der Waals surface area contributed by atoms with Crippen molar-refractivity contribution in [3.63, 3.8) is 0 Å². The second-order valence-electron chi connectivity index (χ2n) is 17.1. The van der Waals surface area contributed by atoms with Gasteiger partial charge < -0.3 is 9.80 Å². The van der Waals surface area contributed by atoms with Gasteiger partial charge in [0.2, 0.25) is 0 Å². The molecule has 0 saturated heterocycles. The molecule has 7 aliphatic rings. The minimum absolute atomic E-state index is 0.231. The molecule has 4 aromatic rings. The van der Waals surface area contributed by atoms with Gasteiger partial charge in [0.15, 0.2) is 0 Å². The summed E-state index contributed by atoms with van der Waals surface area (Å²) in [7, 11) is 0. The minimum atomic E-state index is 0.231. The van der Waals surface area contributed by atoms with E-state index in [0.29, 0.717) is 35.6 Å². The lowest BCUT2D eigenvalue weighted by atomic mass is 9.78. The molecule has 0 fully saturated rings. The molecule has 4 aromatic carbocycles. The van der Waals surface area contributed by atoms with Crippen LogP contribution in [0.3, 0.4) is 0 Å². The van der Waals surface area contributed by atoms with Crippen LogP contribution in [0.1, 0.15) is 67.6 Å². The van der Waals surface area contributed by atoms with Gasteiger partial charge in [-0.2, -0.15) is 0 Å². The molecule has 2 nitrogen and oxygen atoms in total. The molecule has 2 heterocycles. The number of benzene rings is 4. The second kappa shape index (κ2) is 14.3. The van der Waals surface area contributed by atoms with Gasteiger partial charge in [0.25, 0.3) is 0 Å². The molecule has 2 aliphatic heterocycles. The number of allylic oxidation sites excluding steroid dienone is 14. The predicted molar refractivity (Wildman–Crippen MR) is 240 cm³/mol. The quantitative estimate of drug-likeness (QED) is 0.182. The molecule has 280 valence electrons. The second-order valence-corrected chi connectivity index (χ2v) is 17.1. The highest BCUT2D eigenvalue weighted by Gasteiger charge is 2.44. The Bertz CT molecular complexity index is 2500. The van der Waals surface area contributed by atoms with E-state index in [0.717, 1.165) is 25.7 Å². The van der Waals surface area contributed by atoms with E-state index in [9.17, 15) is 0 Å². The maximum atomic E-state index is 2.81. The summed E-state index contributed by atoms with van der Waals surface area (Å²) in [6.07, 6.45) is 39.2. The first-order valence-electron chi connectivity index (χ1n) is 21.3. The van der Waals surface area contributed by atoms with Gasteiger partial charge in [-0.05, 0) is 113 Å². The van der Waals surface area contributed by atoms with Crippen molar-refractivity contribution in [3.05, 3.63) is 216 Å². The Morgan fingerprint density at radius 3 is 2.33 bits per heavy atom. The van der Waals surface area contributed by atoms with E-state index in [1.165, 1.54) is 73.7 Å². The van der Waals surface area contributed by atoms with Crippen molar-refractivity contribution in [1.29, 1.82) is 0 Å². The molecule has 0 saturated carbocycles. The Balaban J connectivity index is 0.952. The molecule has 7 atom stereocenters. The molecule has 0 aromatic heterocycles. The van der Waals surface area contributed by atoms with Gasteiger partial charge in [-0.15, -0.1) is 0 Å². The zero-order chi connectivity index (χ0) is 37.9. The Kier molecular flexibility index (Phi) is 8.61. The number of hydrogen-bond acceptors (Lipinski definition) is 2. The third-order valence-electron chi connectivity index (χ3n) is 13.7. The first-order chi connectivity index (χ1) is 28.2. The first kappa shape index (κ1) is 34.4. The number of rotatable bonds is 6. The van der Waals surface area contributed by atoms with Crippen LogP contribution in [0, 0.1) is 17.8 Å². The average Bonchev–Trinajstić information content (AvgIpc) is 3.78. The number of fused-ring (bicyclic) bond motifs is 5. The zero-order valence-electron chi connectivity index (χ0n) is 32.8. The Morgan fingerprint density at radius 1 is 0.632 bits per heavy atom. The summed E-state index contributed by atoms with van der Waals surface area (Å²) < 4.78 is 0. The lowest BCUT2D eigenvalue weighted by Gasteiger charge is -2.37. The molecule has 5 aliphatic carbocycles. The largest absolute Gasteiger partial charge is 0.341 e. The van der Waals surface area contributed by atoms with E-state index in [2.05, 4.69) is 199 Å². The van der Waals surface area contributed by atoms with Crippen molar-refractivity contribution in [3.8, 4) is 11.1 Å². The van der Waals surface area contributed by atoms with E-state index < -0.39 is 0 Å². The minimum Gasteiger partial charge on any atom is -0.341 e. The monoisotopic (exact) mass is 738 g/mol. The Labute approximate surface area is 338 Å². The average molecular weight is 739 g/mol. The van der Waals surface area contributed by atoms with Crippen molar-refractivity contribution < 1.29 is 0 Å². The van der Waals surface area contributed by atoms with E-state index in [1.807, 2.05) is 0 Å². The lowest BCUT2D eigenvalue weighted by Crippen LogP contribution is -2.37. The van der Waals surface area contributed by atoms with Crippen molar-refractivity contribution in [2.45, 2.75) is 62.9 Å². The predicted octanol–water partition coefficient (Wildman–Crippen LogP) is 13.7. The summed E-state index contributed by atoms with van der Waals surface area (Å²) in [5.41, 5.74) is 16.6. The van der Waals surface area contributed by atoms with Crippen LogP contribution in [0.15, 0.2) is 199 Å². The summed E-state index contributed by atoms with van der Waals surface area (Å²) in [4.78, 5) is 5.40. The maximum absolute atomic E-state index is 2.81. The van der Waals surface area contributed by atoms with Gasteiger partial charge in [0, 0.05) is 52.5 Å². The molecular formula is C55H50N2. The molecular weight excluding hydrogens is 689 g/mol. The SMILES string of the molecule is C[C@@H]1C=CC2C3=C(CC(C4=CC5C(C=C4)c4ccccc4N5c4ccc(-c5ccccc5)cc4)C=C3)N(c3cc(C4=CC=CCC4)cc(C4C=CC=CC4)c3)C2C1. The Hall–Kier alpha value is -5.86. The lowest BCUT2D eigenvalue weighted by molar-refractivity contribution is 0.455. The molecule has 2 heteroatoms. The van der Waals surface area contributed by atoms with Crippen molar-refractivity contribution in [2.75, 3.05) is 9.80 Å². The number of hydrogen-bond donors (Lipinski definition) is 0. The van der Waals surface area contributed by atoms with Gasteiger partial charge in [-0.1, -0.05) is 159 Å². The van der Waals surface area contributed by atoms with Gasteiger partial charge in [0.05, 0.1) is 6.04 Å². The highest BCUT2D eigenvalue weighted by molar-refractivity contribution is 5.78. The fraction of sp³-hybridized carbons (Fsp3) is 0.236. The van der Waals surface area contributed by atoms with Gasteiger partial charge in [0.1, 0.15) is 0 Å². The topological polar surface area (TPSA) is 6.48 Å². The van der Waals surface area contributed by atoms with E-state index in [-0.39, 0.29) is 6.04 Å². The van der Waals surface area contributed by atoms with Crippen molar-refractivity contribution >= 4 is 22.6 Å². The summed E-state index contributed by atoms with van der Waals surface area (Å²) >= 11 is 0. The molecule has 6 unspecified atom stereocenters. The van der Waals surface area contributed by atoms with Gasteiger partial charge >= 0.3 is 0 Å². The number of para-hydroxylation sites is 1. The van der Waals surface area contributed by atoms with Gasteiger partial charge in [-0.25, -0.2) is 0 Å². The van der Waals surface area contributed by atoms with Crippen LogP contribution >= 0.6 is 0 Å². The smallest absolute Gasteiger partial charge is 0.0632 e. The molecule has 0 radical (unpaired) electrons. The van der Waals surface area contributed by atoms with E-state index in [4.69, 9.17) is 0 Å². The van der Waals surface area contributed by atoms with Crippen LogP contribution < -0.4 is 9.80 Å². The summed E-state index contributed by atoms with van der Waals surface area (Å²) in [5.74, 6) is 2.04. The molecule has 0 amide bonds. The van der Waals surface area contributed by atoms with Crippen LogP contribution in [-0.2, 0) is 0 Å². The van der Waals surface area contributed by atoms with E-state index >= 15 is 0 Å². The standard InChI is InChI=1S/C55H50N2/c1-37-21-28-49-51-30-25-43(36-55(51)57(53(49)31-37)47-33-44(39-15-7-3-8-16-39)32-45(34-47)40-17-9-4-10-18-40)42-24-29-50-48-19-11-12-20-52(48)56(54(50)35-42)46-26-22-41(23-27-46)38-13-5-2-6-14-38/h2-9,11-15,17,19-30,32-35,37,39,43,49-50,53-54H,10,16,18,31,36H2,1H3/t37-,39?,43?,49?,50?,53?,54?/m1/s1. The molecule has 57 heavy (non-hydrogen) atoms. The summed E-state index contributed by atoms with van der Waals surface area (Å²) in [6, 6.07) is 37.2. The van der Waals surface area contributed by atoms with Crippen molar-refractivity contribution in [1.82, 2.24) is 0 Å². The third kappa shape index (κ3) is 6.09. The highest BCUT2D eigenvalue weighted by atomic mass is 15.2. The van der Waals surface area contributed by atoms with Gasteiger partial charge in [-0.3, -0.25) is 0 Å². The fourth-order valence-corrected chi connectivity index (χ4v) is 10.9. The maximum Gasteiger partial charge on any atom is 0.0632 e. The molecule has 0 N–H and O–H groups in total.